The van der Waals surface area contributed by atoms with Crippen molar-refractivity contribution in [3.8, 4) is 0 Å². The third-order valence-electron chi connectivity index (χ3n) is 5.04. The maximum absolute atomic E-state index is 14.1. The molecule has 3 heterocycles. The first kappa shape index (κ1) is 22.5. The number of ether oxygens (including phenoxy) is 1. The lowest BCUT2D eigenvalue weighted by atomic mass is 10.2. The standard InChI is InChI=1S/C20H17BrF2N4O4S/c1-10-15-19(24-9-27(20(15)30)8-14(28)26-2-4-31-5-3-26)32-17(10)18(29)25-16-12(21)6-11(22)7-13(16)23/h6-7,9H,2-5,8H2,1H3,(H,25,29). The van der Waals surface area contributed by atoms with E-state index in [-0.39, 0.29) is 32.9 Å². The molecule has 0 atom stereocenters. The van der Waals surface area contributed by atoms with Gasteiger partial charge in [-0.1, -0.05) is 0 Å². The van der Waals surface area contributed by atoms with Crippen molar-refractivity contribution in [2.24, 2.45) is 0 Å². The SMILES string of the molecule is Cc1c(C(=O)Nc2c(F)cc(F)cc2Br)sc2ncn(CC(=O)N3CCOCC3)c(=O)c12. The largest absolute Gasteiger partial charge is 0.378 e. The van der Waals surface area contributed by atoms with Crippen LogP contribution < -0.4 is 10.9 Å². The normalized spacial score (nSPS) is 14.1. The third-order valence-corrected chi connectivity index (χ3v) is 6.86. The monoisotopic (exact) mass is 526 g/mol. The molecule has 1 aromatic carbocycles. The summed E-state index contributed by atoms with van der Waals surface area (Å²) < 4.78 is 33.9. The van der Waals surface area contributed by atoms with Crippen molar-refractivity contribution in [1.29, 1.82) is 0 Å². The van der Waals surface area contributed by atoms with Gasteiger partial charge in [-0.15, -0.1) is 11.3 Å². The molecular formula is C20H17BrF2N4O4S. The van der Waals surface area contributed by atoms with Crippen molar-refractivity contribution in [3.63, 3.8) is 0 Å². The first-order valence-corrected chi connectivity index (χ1v) is 11.2. The van der Waals surface area contributed by atoms with Gasteiger partial charge < -0.3 is 15.0 Å². The first-order valence-electron chi connectivity index (χ1n) is 9.56. The van der Waals surface area contributed by atoms with Gasteiger partial charge in [0.15, 0.2) is 5.82 Å². The van der Waals surface area contributed by atoms with Gasteiger partial charge in [0.25, 0.3) is 11.5 Å². The summed E-state index contributed by atoms with van der Waals surface area (Å²) >= 11 is 4.00. The van der Waals surface area contributed by atoms with E-state index in [1.54, 1.807) is 11.8 Å². The number of anilines is 1. The second-order valence-electron chi connectivity index (χ2n) is 7.11. The maximum Gasteiger partial charge on any atom is 0.266 e. The van der Waals surface area contributed by atoms with Crippen molar-refractivity contribution in [2.75, 3.05) is 31.6 Å². The van der Waals surface area contributed by atoms with Gasteiger partial charge in [-0.25, -0.2) is 13.8 Å². The maximum atomic E-state index is 14.1. The lowest BCUT2D eigenvalue weighted by molar-refractivity contribution is -0.135. The van der Waals surface area contributed by atoms with Gasteiger partial charge in [-0.05, 0) is 34.5 Å². The van der Waals surface area contributed by atoms with Crippen molar-refractivity contribution >= 4 is 55.0 Å². The van der Waals surface area contributed by atoms with Gasteiger partial charge in [-0.2, -0.15) is 0 Å². The van der Waals surface area contributed by atoms with Crippen molar-refractivity contribution < 1.29 is 23.1 Å². The number of fused-ring (bicyclic) bond motifs is 1. The van der Waals surface area contributed by atoms with Crippen LogP contribution in [0.25, 0.3) is 10.2 Å². The quantitative estimate of drug-likeness (QED) is 0.564. The van der Waals surface area contributed by atoms with Crippen molar-refractivity contribution in [3.05, 3.63) is 55.4 Å². The molecule has 1 aliphatic heterocycles. The van der Waals surface area contributed by atoms with E-state index in [1.807, 2.05) is 0 Å². The number of halogens is 3. The van der Waals surface area contributed by atoms with E-state index >= 15 is 0 Å². The van der Waals surface area contributed by atoms with Gasteiger partial charge in [-0.3, -0.25) is 19.0 Å². The Kier molecular flexibility index (Phi) is 6.35. The van der Waals surface area contributed by atoms with E-state index in [1.165, 1.54) is 10.9 Å². The molecule has 0 aliphatic carbocycles. The number of aromatic nitrogens is 2. The Bertz CT molecular complexity index is 1260. The molecule has 168 valence electrons. The topological polar surface area (TPSA) is 93.5 Å². The van der Waals surface area contributed by atoms with Crippen LogP contribution in [0, 0.1) is 18.6 Å². The summed E-state index contributed by atoms with van der Waals surface area (Å²) in [5, 5.41) is 2.63. The second kappa shape index (κ2) is 9.04. The molecule has 12 heteroatoms. The Morgan fingerprint density at radius 1 is 1.28 bits per heavy atom. The van der Waals surface area contributed by atoms with E-state index in [0.29, 0.717) is 42.8 Å². The van der Waals surface area contributed by atoms with E-state index in [4.69, 9.17) is 4.74 Å². The number of carbonyl (C=O) groups is 2. The number of nitrogens with zero attached hydrogens (tertiary/aromatic N) is 3. The Hall–Kier alpha value is -2.70. The summed E-state index contributed by atoms with van der Waals surface area (Å²) in [6.45, 7) is 3.23. The molecule has 8 nitrogen and oxygen atoms in total. The number of morpholine rings is 1. The molecule has 0 bridgehead atoms. The van der Waals surface area contributed by atoms with Crippen LogP contribution in [-0.4, -0.2) is 52.6 Å². The summed E-state index contributed by atoms with van der Waals surface area (Å²) in [4.78, 5) is 44.6. The third kappa shape index (κ3) is 4.30. The predicted molar refractivity (Wildman–Crippen MR) is 118 cm³/mol. The van der Waals surface area contributed by atoms with Gasteiger partial charge in [0.1, 0.15) is 17.2 Å². The number of hydrogen-bond acceptors (Lipinski definition) is 6. The molecule has 0 spiro atoms. The van der Waals surface area contributed by atoms with Crippen LogP contribution in [0.5, 0.6) is 0 Å². The molecule has 1 fully saturated rings. The molecule has 1 aliphatic rings. The van der Waals surface area contributed by atoms with Crippen LogP contribution >= 0.6 is 27.3 Å². The lowest BCUT2D eigenvalue weighted by Gasteiger charge is -2.26. The molecule has 3 aromatic rings. The summed E-state index contributed by atoms with van der Waals surface area (Å²) in [5.74, 6) is -2.61. The Balaban J connectivity index is 1.63. The molecule has 32 heavy (non-hydrogen) atoms. The van der Waals surface area contributed by atoms with E-state index in [9.17, 15) is 23.2 Å². The van der Waals surface area contributed by atoms with Crippen LogP contribution in [0.3, 0.4) is 0 Å². The highest BCUT2D eigenvalue weighted by molar-refractivity contribution is 9.10. The molecular weight excluding hydrogens is 510 g/mol. The highest BCUT2D eigenvalue weighted by Crippen LogP contribution is 2.31. The molecule has 2 aromatic heterocycles. The minimum absolute atomic E-state index is 0.0456. The van der Waals surface area contributed by atoms with Gasteiger partial charge in [0.2, 0.25) is 5.91 Å². The number of carbonyl (C=O) groups excluding carboxylic acids is 2. The number of benzene rings is 1. The average Bonchev–Trinajstić information content (AvgIpc) is 3.10. The van der Waals surface area contributed by atoms with Crippen LogP contribution in [0.4, 0.5) is 14.5 Å². The fraction of sp³-hybridized carbons (Fsp3) is 0.300. The lowest BCUT2D eigenvalue weighted by Crippen LogP contribution is -2.43. The number of aryl methyl sites for hydroxylation is 1. The summed E-state index contributed by atoms with van der Waals surface area (Å²) in [5.41, 5.74) is -0.292. The van der Waals surface area contributed by atoms with Crippen LogP contribution in [0.15, 0.2) is 27.7 Å². The van der Waals surface area contributed by atoms with Crippen LogP contribution in [0.2, 0.25) is 0 Å². The van der Waals surface area contributed by atoms with Crippen LogP contribution in [-0.2, 0) is 16.1 Å². The van der Waals surface area contributed by atoms with Crippen molar-refractivity contribution in [1.82, 2.24) is 14.5 Å². The first-order chi connectivity index (χ1) is 15.3. The number of rotatable bonds is 4. The van der Waals surface area contributed by atoms with E-state index < -0.39 is 23.1 Å². The highest BCUT2D eigenvalue weighted by Gasteiger charge is 2.23. The zero-order chi connectivity index (χ0) is 23.0. The number of thiophene rings is 1. The fourth-order valence-corrected chi connectivity index (χ4v) is 4.92. The average molecular weight is 527 g/mol. The minimum Gasteiger partial charge on any atom is -0.378 e. The Labute approximate surface area is 192 Å². The number of hydrogen-bond donors (Lipinski definition) is 1. The molecule has 1 N–H and O–H groups in total. The molecule has 4 rings (SSSR count). The molecule has 2 amide bonds. The molecule has 1 saturated heterocycles. The molecule has 0 unspecified atom stereocenters. The predicted octanol–water partition coefficient (Wildman–Crippen LogP) is 2.92. The summed E-state index contributed by atoms with van der Waals surface area (Å²) in [7, 11) is 0. The van der Waals surface area contributed by atoms with E-state index in [0.717, 1.165) is 17.4 Å². The molecule has 0 radical (unpaired) electrons. The Morgan fingerprint density at radius 2 is 2.00 bits per heavy atom. The van der Waals surface area contributed by atoms with Gasteiger partial charge in [0.05, 0.1) is 35.5 Å². The number of amides is 2. The van der Waals surface area contributed by atoms with Gasteiger partial charge >= 0.3 is 0 Å². The smallest absolute Gasteiger partial charge is 0.266 e. The highest BCUT2D eigenvalue weighted by atomic mass is 79.9. The molecule has 0 saturated carbocycles. The summed E-state index contributed by atoms with van der Waals surface area (Å²) in [6, 6.07) is 1.69. The van der Waals surface area contributed by atoms with Gasteiger partial charge in [0, 0.05) is 23.6 Å². The fourth-order valence-electron chi connectivity index (χ4n) is 3.38. The number of nitrogens with one attached hydrogen (secondary N) is 1. The second-order valence-corrected chi connectivity index (χ2v) is 8.96. The zero-order valence-electron chi connectivity index (χ0n) is 16.8. The van der Waals surface area contributed by atoms with Crippen LogP contribution in [0.1, 0.15) is 15.2 Å². The van der Waals surface area contributed by atoms with Crippen molar-refractivity contribution in [2.45, 2.75) is 13.5 Å². The minimum atomic E-state index is -0.939. The summed E-state index contributed by atoms with van der Waals surface area (Å²) in [6.07, 6.45) is 1.27. The zero-order valence-corrected chi connectivity index (χ0v) is 19.2. The Morgan fingerprint density at radius 3 is 2.69 bits per heavy atom. The van der Waals surface area contributed by atoms with E-state index in [2.05, 4.69) is 26.2 Å².